The van der Waals surface area contributed by atoms with Crippen molar-refractivity contribution in [2.75, 3.05) is 0 Å². The molecule has 0 spiro atoms. The molecule has 0 saturated carbocycles. The number of hydrogen-bond donors (Lipinski definition) is 1. The molecule has 2 aromatic rings. The summed E-state index contributed by atoms with van der Waals surface area (Å²) < 4.78 is 0. The molecule has 0 fully saturated rings. The van der Waals surface area contributed by atoms with Gasteiger partial charge in [-0.05, 0) is 48.7 Å². The molecule has 3 heteroatoms. The third-order valence-electron chi connectivity index (χ3n) is 2.88. The highest BCUT2D eigenvalue weighted by Crippen LogP contribution is 2.30. The van der Waals surface area contributed by atoms with Crippen LogP contribution < -0.4 is 0 Å². The normalized spacial score (nSPS) is 10.4. The van der Waals surface area contributed by atoms with Gasteiger partial charge in [0, 0.05) is 5.02 Å². The Morgan fingerprint density at radius 2 is 1.78 bits per heavy atom. The van der Waals surface area contributed by atoms with Gasteiger partial charge < -0.3 is 5.11 Å². The van der Waals surface area contributed by atoms with Crippen molar-refractivity contribution in [2.45, 2.75) is 13.8 Å². The lowest BCUT2D eigenvalue weighted by molar-refractivity contribution is 0.0698. The van der Waals surface area contributed by atoms with Crippen LogP contribution in [0.3, 0.4) is 0 Å². The minimum Gasteiger partial charge on any atom is -0.478 e. The zero-order valence-electron chi connectivity index (χ0n) is 10.2. The first-order chi connectivity index (χ1) is 8.49. The summed E-state index contributed by atoms with van der Waals surface area (Å²) in [5.41, 5.74) is 4.02. The Hall–Kier alpha value is -1.80. The highest BCUT2D eigenvalue weighted by Gasteiger charge is 2.13. The van der Waals surface area contributed by atoms with Crippen LogP contribution in [-0.2, 0) is 0 Å². The van der Waals surface area contributed by atoms with Crippen molar-refractivity contribution in [3.05, 3.63) is 58.1 Å². The summed E-state index contributed by atoms with van der Waals surface area (Å²) in [6.07, 6.45) is 0. The van der Waals surface area contributed by atoms with Crippen molar-refractivity contribution in [2.24, 2.45) is 0 Å². The molecule has 2 aromatic carbocycles. The summed E-state index contributed by atoms with van der Waals surface area (Å²) in [4.78, 5) is 11.2. The maximum Gasteiger partial charge on any atom is 0.336 e. The minimum absolute atomic E-state index is 0.270. The molecular weight excluding hydrogens is 248 g/mol. The van der Waals surface area contributed by atoms with Crippen LogP contribution >= 0.6 is 11.6 Å². The lowest BCUT2D eigenvalue weighted by atomic mass is 9.95. The number of hydrogen-bond acceptors (Lipinski definition) is 1. The molecule has 0 aliphatic heterocycles. The maximum absolute atomic E-state index is 11.2. The predicted molar refractivity (Wildman–Crippen MR) is 73.3 cm³/mol. The number of aryl methyl sites for hydroxylation is 2. The minimum atomic E-state index is -0.943. The molecule has 0 unspecified atom stereocenters. The van der Waals surface area contributed by atoms with E-state index in [1.165, 1.54) is 0 Å². The molecule has 0 heterocycles. The summed E-state index contributed by atoms with van der Waals surface area (Å²) in [6, 6.07) is 10.8. The van der Waals surface area contributed by atoms with Crippen molar-refractivity contribution in [3.8, 4) is 11.1 Å². The fraction of sp³-hybridized carbons (Fsp3) is 0.133. The van der Waals surface area contributed by atoms with Gasteiger partial charge in [0.25, 0.3) is 0 Å². The molecule has 0 atom stereocenters. The highest BCUT2D eigenvalue weighted by molar-refractivity contribution is 6.31. The maximum atomic E-state index is 11.2. The first kappa shape index (κ1) is 12.7. The lowest BCUT2D eigenvalue weighted by Gasteiger charge is -2.10. The van der Waals surface area contributed by atoms with Crippen LogP contribution in [0.2, 0.25) is 5.02 Å². The Labute approximate surface area is 111 Å². The summed E-state index contributed by atoms with van der Waals surface area (Å²) in [5, 5.41) is 9.76. The van der Waals surface area contributed by atoms with E-state index in [-0.39, 0.29) is 5.56 Å². The van der Waals surface area contributed by atoms with Gasteiger partial charge in [-0.2, -0.15) is 0 Å². The molecule has 0 radical (unpaired) electrons. The van der Waals surface area contributed by atoms with Gasteiger partial charge in [0.2, 0.25) is 0 Å². The van der Waals surface area contributed by atoms with Crippen LogP contribution in [0.25, 0.3) is 11.1 Å². The third kappa shape index (κ3) is 2.39. The van der Waals surface area contributed by atoms with Crippen molar-refractivity contribution in [3.63, 3.8) is 0 Å². The van der Waals surface area contributed by atoms with Crippen LogP contribution in [0.1, 0.15) is 21.5 Å². The zero-order valence-corrected chi connectivity index (χ0v) is 11.0. The van der Waals surface area contributed by atoms with Crippen LogP contribution in [-0.4, -0.2) is 11.1 Å². The smallest absolute Gasteiger partial charge is 0.336 e. The van der Waals surface area contributed by atoms with Crippen molar-refractivity contribution >= 4 is 17.6 Å². The zero-order chi connectivity index (χ0) is 13.3. The summed E-state index contributed by atoms with van der Waals surface area (Å²) in [7, 11) is 0. The van der Waals surface area contributed by atoms with Crippen molar-refractivity contribution < 1.29 is 9.90 Å². The molecular formula is C15H13ClO2. The van der Waals surface area contributed by atoms with Gasteiger partial charge in [-0.3, -0.25) is 0 Å². The average Bonchev–Trinajstić information content (AvgIpc) is 2.28. The van der Waals surface area contributed by atoms with Gasteiger partial charge in [-0.1, -0.05) is 35.4 Å². The molecule has 18 heavy (non-hydrogen) atoms. The molecule has 2 nitrogen and oxygen atoms in total. The second-order valence-corrected chi connectivity index (χ2v) is 4.75. The molecule has 0 amide bonds. The van der Waals surface area contributed by atoms with E-state index in [1.54, 1.807) is 18.2 Å². The Balaban J connectivity index is 2.69. The fourth-order valence-corrected chi connectivity index (χ4v) is 2.21. The quantitative estimate of drug-likeness (QED) is 0.873. The molecule has 0 aliphatic carbocycles. The Morgan fingerprint density at radius 3 is 2.39 bits per heavy atom. The van der Waals surface area contributed by atoms with E-state index in [9.17, 15) is 9.90 Å². The van der Waals surface area contributed by atoms with E-state index in [0.717, 1.165) is 16.7 Å². The lowest BCUT2D eigenvalue weighted by Crippen LogP contribution is -2.00. The van der Waals surface area contributed by atoms with Gasteiger partial charge in [-0.25, -0.2) is 4.79 Å². The Bertz CT molecular complexity index is 618. The summed E-state index contributed by atoms with van der Waals surface area (Å²) >= 11 is 5.96. The second kappa shape index (κ2) is 4.83. The van der Waals surface area contributed by atoms with Gasteiger partial charge in [0.05, 0.1) is 5.56 Å². The van der Waals surface area contributed by atoms with Gasteiger partial charge >= 0.3 is 5.97 Å². The van der Waals surface area contributed by atoms with Crippen molar-refractivity contribution in [1.82, 2.24) is 0 Å². The summed E-state index contributed by atoms with van der Waals surface area (Å²) in [6.45, 7) is 3.97. The van der Waals surface area contributed by atoms with Gasteiger partial charge in [0.1, 0.15) is 0 Å². The standard InChI is InChI=1S/C15H13ClO2/c1-9-3-5-12(10(2)7-9)14-8-11(16)4-6-13(14)15(17)18/h3-8H,1-2H3,(H,17,18). The van der Waals surface area contributed by atoms with E-state index < -0.39 is 5.97 Å². The number of carbonyl (C=O) groups is 1. The predicted octanol–water partition coefficient (Wildman–Crippen LogP) is 4.32. The first-order valence-corrected chi connectivity index (χ1v) is 5.97. The largest absolute Gasteiger partial charge is 0.478 e. The number of rotatable bonds is 2. The van der Waals surface area contributed by atoms with Crippen molar-refractivity contribution in [1.29, 1.82) is 0 Å². The van der Waals surface area contributed by atoms with E-state index in [1.807, 2.05) is 32.0 Å². The number of halogens is 1. The number of carboxylic acids is 1. The SMILES string of the molecule is Cc1ccc(-c2cc(Cl)ccc2C(=O)O)c(C)c1. The molecule has 0 bridgehead atoms. The fourth-order valence-electron chi connectivity index (χ4n) is 2.04. The third-order valence-corrected chi connectivity index (χ3v) is 3.12. The van der Waals surface area contributed by atoms with Crippen LogP contribution in [0, 0.1) is 13.8 Å². The first-order valence-electron chi connectivity index (χ1n) is 5.59. The topological polar surface area (TPSA) is 37.3 Å². The highest BCUT2D eigenvalue weighted by atomic mass is 35.5. The summed E-state index contributed by atoms with van der Waals surface area (Å²) in [5.74, 6) is -0.943. The molecule has 2 rings (SSSR count). The average molecular weight is 261 g/mol. The second-order valence-electron chi connectivity index (χ2n) is 4.31. The Kier molecular flexibility index (Phi) is 3.39. The molecule has 0 aromatic heterocycles. The monoisotopic (exact) mass is 260 g/mol. The van der Waals surface area contributed by atoms with E-state index >= 15 is 0 Å². The van der Waals surface area contributed by atoms with Crippen LogP contribution in [0.5, 0.6) is 0 Å². The van der Waals surface area contributed by atoms with Gasteiger partial charge in [-0.15, -0.1) is 0 Å². The van der Waals surface area contributed by atoms with E-state index in [4.69, 9.17) is 11.6 Å². The van der Waals surface area contributed by atoms with Crippen LogP contribution in [0.4, 0.5) is 0 Å². The van der Waals surface area contributed by atoms with Gasteiger partial charge in [0.15, 0.2) is 0 Å². The Morgan fingerprint density at radius 1 is 1.06 bits per heavy atom. The number of carboxylic acid groups (broad SMARTS) is 1. The molecule has 1 N–H and O–H groups in total. The van der Waals surface area contributed by atoms with E-state index in [0.29, 0.717) is 10.6 Å². The molecule has 0 saturated heterocycles. The molecule has 0 aliphatic rings. The number of benzene rings is 2. The van der Waals surface area contributed by atoms with E-state index in [2.05, 4.69) is 0 Å². The number of aromatic carboxylic acids is 1. The molecule has 92 valence electrons. The van der Waals surface area contributed by atoms with Crippen LogP contribution in [0.15, 0.2) is 36.4 Å².